The van der Waals surface area contributed by atoms with Crippen molar-refractivity contribution >= 4 is 23.4 Å². The molecule has 26 heavy (non-hydrogen) atoms. The Morgan fingerprint density at radius 3 is 2.65 bits per heavy atom. The summed E-state index contributed by atoms with van der Waals surface area (Å²) in [7, 11) is 0. The van der Waals surface area contributed by atoms with Crippen molar-refractivity contribution in [3.8, 4) is 0 Å². The monoisotopic (exact) mass is 377 g/mol. The zero-order valence-electron chi connectivity index (χ0n) is 13.6. The van der Waals surface area contributed by atoms with Crippen molar-refractivity contribution in [2.24, 2.45) is 0 Å². The third kappa shape index (κ3) is 4.19. The summed E-state index contributed by atoms with van der Waals surface area (Å²) >= 11 is 5.90. The van der Waals surface area contributed by atoms with Gasteiger partial charge >= 0.3 is 0 Å². The number of carbonyl (C=O) groups is 2. The Bertz CT molecular complexity index is 816. The molecule has 0 spiro atoms. The van der Waals surface area contributed by atoms with Crippen LogP contribution in [0.5, 0.6) is 0 Å². The number of rotatable bonds is 4. The van der Waals surface area contributed by atoms with Crippen LogP contribution in [0.3, 0.4) is 0 Å². The first-order valence-corrected chi connectivity index (χ1v) is 8.34. The Labute approximate surface area is 154 Å². The van der Waals surface area contributed by atoms with Gasteiger partial charge in [-0.25, -0.2) is 4.39 Å². The normalized spacial score (nSPS) is 22.6. The topological polar surface area (TPSA) is 90.5 Å². The molecule has 2 aromatic carbocycles. The van der Waals surface area contributed by atoms with Crippen molar-refractivity contribution in [2.45, 2.75) is 24.9 Å². The van der Waals surface area contributed by atoms with Crippen molar-refractivity contribution in [2.75, 3.05) is 0 Å². The SMILES string of the molecule is O=C1NC(c2ccc(F)cc2)NC(C(=O)NCc2cccc(Cl)c2)C1O. The smallest absolute Gasteiger partial charge is 0.252 e. The van der Waals surface area contributed by atoms with Gasteiger partial charge in [0.25, 0.3) is 5.91 Å². The van der Waals surface area contributed by atoms with E-state index in [4.69, 9.17) is 11.6 Å². The fourth-order valence-corrected chi connectivity index (χ4v) is 2.90. The van der Waals surface area contributed by atoms with Crippen LogP contribution in [0.25, 0.3) is 0 Å². The highest BCUT2D eigenvalue weighted by Crippen LogP contribution is 2.17. The van der Waals surface area contributed by atoms with E-state index in [2.05, 4.69) is 16.0 Å². The second-order valence-corrected chi connectivity index (χ2v) is 6.37. The van der Waals surface area contributed by atoms with Crippen molar-refractivity contribution in [3.05, 3.63) is 70.5 Å². The van der Waals surface area contributed by atoms with Crippen LogP contribution in [0.2, 0.25) is 5.02 Å². The summed E-state index contributed by atoms with van der Waals surface area (Å²) in [5, 5.41) is 18.7. The standard InChI is InChI=1S/C18H17ClFN3O3/c19-12-3-1-2-10(8-12)9-21-17(25)14-15(24)18(26)23-16(22-14)11-4-6-13(20)7-5-11/h1-8,14-16,22,24H,9H2,(H,21,25)(H,23,26). The van der Waals surface area contributed by atoms with Crippen LogP contribution in [0.1, 0.15) is 17.3 Å². The predicted octanol–water partition coefficient (Wildman–Crippen LogP) is 1.24. The van der Waals surface area contributed by atoms with Crippen LogP contribution >= 0.6 is 11.6 Å². The number of benzene rings is 2. The summed E-state index contributed by atoms with van der Waals surface area (Å²) < 4.78 is 13.1. The Hall–Kier alpha value is -2.48. The summed E-state index contributed by atoms with van der Waals surface area (Å²) in [6, 6.07) is 11.3. The van der Waals surface area contributed by atoms with Gasteiger partial charge in [-0.2, -0.15) is 0 Å². The lowest BCUT2D eigenvalue weighted by atomic mass is 10.0. The van der Waals surface area contributed by atoms with E-state index in [1.807, 2.05) is 0 Å². The number of amides is 2. The third-order valence-electron chi connectivity index (χ3n) is 4.06. The molecule has 6 nitrogen and oxygen atoms in total. The van der Waals surface area contributed by atoms with Crippen molar-refractivity contribution in [3.63, 3.8) is 0 Å². The van der Waals surface area contributed by atoms with Crippen molar-refractivity contribution in [1.29, 1.82) is 0 Å². The maximum Gasteiger partial charge on any atom is 0.252 e. The molecule has 0 radical (unpaired) electrons. The molecule has 0 aliphatic carbocycles. The zero-order chi connectivity index (χ0) is 18.7. The molecule has 2 amide bonds. The van der Waals surface area contributed by atoms with Gasteiger partial charge in [0.15, 0.2) is 6.10 Å². The molecule has 4 N–H and O–H groups in total. The fraction of sp³-hybridized carbons (Fsp3) is 0.222. The summed E-state index contributed by atoms with van der Waals surface area (Å²) in [6.07, 6.45) is -2.25. The third-order valence-corrected chi connectivity index (χ3v) is 4.29. The van der Waals surface area contributed by atoms with Gasteiger partial charge in [-0.1, -0.05) is 35.9 Å². The second-order valence-electron chi connectivity index (χ2n) is 5.93. The summed E-state index contributed by atoms with van der Waals surface area (Å²) in [5.74, 6) is -1.62. The number of halogens is 2. The Morgan fingerprint density at radius 2 is 1.96 bits per heavy atom. The van der Waals surface area contributed by atoms with E-state index in [0.717, 1.165) is 5.56 Å². The lowest BCUT2D eigenvalue weighted by molar-refractivity contribution is -0.142. The molecule has 3 atom stereocenters. The number of hydrogen-bond donors (Lipinski definition) is 4. The van der Waals surface area contributed by atoms with E-state index in [9.17, 15) is 19.1 Å². The Balaban J connectivity index is 1.69. The molecule has 2 aromatic rings. The van der Waals surface area contributed by atoms with Crippen LogP contribution < -0.4 is 16.0 Å². The van der Waals surface area contributed by atoms with E-state index in [1.54, 1.807) is 24.3 Å². The van der Waals surface area contributed by atoms with Gasteiger partial charge < -0.3 is 15.7 Å². The first kappa shape index (κ1) is 18.3. The molecule has 0 bridgehead atoms. The van der Waals surface area contributed by atoms with Crippen LogP contribution in [0.4, 0.5) is 4.39 Å². The van der Waals surface area contributed by atoms with Crippen LogP contribution in [0, 0.1) is 5.82 Å². The lowest BCUT2D eigenvalue weighted by Crippen LogP contribution is -2.64. The molecular formula is C18H17ClFN3O3. The number of aliphatic hydroxyl groups excluding tert-OH is 1. The number of nitrogens with one attached hydrogen (secondary N) is 3. The molecule has 3 unspecified atom stereocenters. The molecule has 0 saturated carbocycles. The predicted molar refractivity (Wildman–Crippen MR) is 93.5 cm³/mol. The van der Waals surface area contributed by atoms with Gasteiger partial charge in [-0.15, -0.1) is 0 Å². The summed E-state index contributed by atoms with van der Waals surface area (Å²) in [4.78, 5) is 24.4. The maximum absolute atomic E-state index is 13.1. The van der Waals surface area contributed by atoms with E-state index in [1.165, 1.54) is 24.3 Å². The second kappa shape index (κ2) is 7.82. The first-order valence-electron chi connectivity index (χ1n) is 7.96. The highest BCUT2D eigenvalue weighted by Gasteiger charge is 2.39. The van der Waals surface area contributed by atoms with E-state index < -0.39 is 35.9 Å². The van der Waals surface area contributed by atoms with Crippen LogP contribution in [-0.2, 0) is 16.1 Å². The van der Waals surface area contributed by atoms with E-state index >= 15 is 0 Å². The summed E-state index contributed by atoms with van der Waals surface area (Å²) in [5.41, 5.74) is 1.36. The van der Waals surface area contributed by atoms with Gasteiger partial charge in [0, 0.05) is 11.6 Å². The molecule has 1 saturated heterocycles. The van der Waals surface area contributed by atoms with Gasteiger partial charge in [0.05, 0.1) is 0 Å². The Kier molecular flexibility index (Phi) is 5.51. The minimum absolute atomic E-state index is 0.202. The molecule has 1 fully saturated rings. The minimum Gasteiger partial charge on any atom is -0.381 e. The summed E-state index contributed by atoms with van der Waals surface area (Å²) in [6.45, 7) is 0.202. The molecule has 1 aliphatic rings. The highest BCUT2D eigenvalue weighted by atomic mass is 35.5. The van der Waals surface area contributed by atoms with Crippen molar-refractivity contribution in [1.82, 2.24) is 16.0 Å². The average Bonchev–Trinajstić information content (AvgIpc) is 2.62. The van der Waals surface area contributed by atoms with Gasteiger partial charge in [0.2, 0.25) is 5.91 Å². The molecule has 136 valence electrons. The molecule has 8 heteroatoms. The zero-order valence-corrected chi connectivity index (χ0v) is 14.3. The Morgan fingerprint density at radius 1 is 1.23 bits per heavy atom. The molecular weight excluding hydrogens is 361 g/mol. The number of aliphatic hydroxyl groups is 1. The van der Waals surface area contributed by atoms with Gasteiger partial charge in [-0.3, -0.25) is 14.9 Å². The highest BCUT2D eigenvalue weighted by molar-refractivity contribution is 6.30. The van der Waals surface area contributed by atoms with Crippen molar-refractivity contribution < 1.29 is 19.1 Å². The quantitative estimate of drug-likeness (QED) is 0.645. The van der Waals surface area contributed by atoms with Gasteiger partial charge in [0.1, 0.15) is 18.0 Å². The van der Waals surface area contributed by atoms with E-state index in [-0.39, 0.29) is 6.54 Å². The van der Waals surface area contributed by atoms with Gasteiger partial charge in [-0.05, 0) is 35.4 Å². The minimum atomic E-state index is -1.54. The number of hydrogen-bond acceptors (Lipinski definition) is 4. The largest absolute Gasteiger partial charge is 0.381 e. The average molecular weight is 378 g/mol. The fourth-order valence-electron chi connectivity index (χ4n) is 2.69. The molecule has 1 aliphatic heterocycles. The number of carbonyl (C=O) groups excluding carboxylic acids is 2. The lowest BCUT2D eigenvalue weighted by Gasteiger charge is -2.34. The molecule has 0 aromatic heterocycles. The molecule has 3 rings (SSSR count). The first-order chi connectivity index (χ1) is 12.4. The van der Waals surface area contributed by atoms with Crippen LogP contribution in [-0.4, -0.2) is 29.1 Å². The molecule has 1 heterocycles. The van der Waals surface area contributed by atoms with E-state index in [0.29, 0.717) is 10.6 Å². The van der Waals surface area contributed by atoms with Crippen LogP contribution in [0.15, 0.2) is 48.5 Å². The maximum atomic E-state index is 13.1.